The first kappa shape index (κ1) is 29.7. The molecule has 4 aromatic carbocycles. The van der Waals surface area contributed by atoms with E-state index in [2.05, 4.69) is 96.6 Å². The topological polar surface area (TPSA) is 31.2 Å². The van der Waals surface area contributed by atoms with Crippen LogP contribution in [-0.4, -0.2) is 27.0 Å². The van der Waals surface area contributed by atoms with Crippen LogP contribution in [0.4, 0.5) is 32.8 Å². The molecule has 0 fully saturated rings. The molecule has 0 bridgehead atoms. The molecule has 0 amide bonds. The molecule has 4 nitrogen and oxygen atoms in total. The highest BCUT2D eigenvalue weighted by atomic mass is 19.1. The Kier molecular flexibility index (Phi) is 9.38. The standard InChI is InChI=1S/C36H41FN4/c1-8-9-22-41(25-27-18-20-28(21-19-27)30-14-10-11-15-31(30)36(3,4)37)34-24-29(23-26(2)35(34)39-6)40(7)33-17-13-12-16-32(33)38-5/h10-21,23-24H,5-6,8-9,22,25H2,1-4,7H3. The third-order valence-electron chi connectivity index (χ3n) is 7.55. The minimum absolute atomic E-state index is 0.698. The van der Waals surface area contributed by atoms with E-state index in [1.807, 2.05) is 42.5 Å². The fourth-order valence-electron chi connectivity index (χ4n) is 5.30. The highest BCUT2D eigenvalue weighted by Crippen LogP contribution is 2.41. The molecule has 0 aliphatic heterocycles. The van der Waals surface area contributed by atoms with Gasteiger partial charge in [-0.2, -0.15) is 0 Å². The highest BCUT2D eigenvalue weighted by molar-refractivity contribution is 5.82. The maximum Gasteiger partial charge on any atom is 0.131 e. The number of aryl methyl sites for hydroxylation is 1. The van der Waals surface area contributed by atoms with Crippen molar-refractivity contribution in [2.45, 2.75) is 52.8 Å². The number of unbranched alkanes of at least 4 members (excludes halogenated alkanes) is 1. The van der Waals surface area contributed by atoms with E-state index in [9.17, 15) is 4.39 Å². The van der Waals surface area contributed by atoms with Crippen molar-refractivity contribution in [3.8, 4) is 11.1 Å². The third-order valence-corrected chi connectivity index (χ3v) is 7.55. The number of hydrogen-bond donors (Lipinski definition) is 0. The lowest BCUT2D eigenvalue weighted by Crippen LogP contribution is -2.24. The molecular weight excluding hydrogens is 507 g/mol. The molecule has 0 N–H and O–H groups in total. The zero-order chi connectivity index (χ0) is 29.6. The van der Waals surface area contributed by atoms with Gasteiger partial charge in [0.05, 0.1) is 22.7 Å². The number of nitrogens with zero attached hydrogens (tertiary/aromatic N) is 4. The summed E-state index contributed by atoms with van der Waals surface area (Å²) >= 11 is 0. The number of benzene rings is 4. The van der Waals surface area contributed by atoms with Crippen molar-refractivity contribution in [3.05, 3.63) is 102 Å². The molecule has 0 aliphatic rings. The Morgan fingerprint density at radius 2 is 1.54 bits per heavy atom. The summed E-state index contributed by atoms with van der Waals surface area (Å²) < 4.78 is 14.9. The number of rotatable bonds is 12. The Bertz CT molecular complexity index is 1500. The molecular formula is C36H41FN4. The van der Waals surface area contributed by atoms with Crippen LogP contribution in [0.2, 0.25) is 0 Å². The Morgan fingerprint density at radius 3 is 2.20 bits per heavy atom. The van der Waals surface area contributed by atoms with Crippen molar-refractivity contribution in [2.24, 2.45) is 9.98 Å². The van der Waals surface area contributed by atoms with E-state index in [0.717, 1.165) is 71.1 Å². The summed E-state index contributed by atoms with van der Waals surface area (Å²) in [5.41, 5.74) is 8.26. The second kappa shape index (κ2) is 12.9. The normalized spacial score (nSPS) is 11.3. The minimum Gasteiger partial charge on any atom is -0.365 e. The maximum atomic E-state index is 14.9. The molecule has 212 valence electrons. The molecule has 0 radical (unpaired) electrons. The fraction of sp³-hybridized carbons (Fsp3) is 0.278. The van der Waals surface area contributed by atoms with Gasteiger partial charge >= 0.3 is 0 Å². The van der Waals surface area contributed by atoms with Crippen LogP contribution >= 0.6 is 0 Å². The molecule has 41 heavy (non-hydrogen) atoms. The van der Waals surface area contributed by atoms with E-state index in [-0.39, 0.29) is 0 Å². The third kappa shape index (κ3) is 6.74. The van der Waals surface area contributed by atoms with Crippen LogP contribution in [0.1, 0.15) is 50.3 Å². The molecule has 0 aliphatic carbocycles. The van der Waals surface area contributed by atoms with Crippen LogP contribution in [0.5, 0.6) is 0 Å². The first-order valence-corrected chi connectivity index (χ1v) is 14.2. The van der Waals surface area contributed by atoms with Gasteiger partial charge in [0.1, 0.15) is 5.67 Å². The SMILES string of the molecule is C=Nc1ccccc1N(C)c1cc(C)c(N=C)c(N(CCCC)Cc2ccc(-c3ccccc3C(C)(C)F)cc2)c1. The molecule has 0 unspecified atom stereocenters. The molecule has 0 atom stereocenters. The molecule has 4 rings (SSSR count). The van der Waals surface area contributed by atoms with Gasteiger partial charge < -0.3 is 9.80 Å². The van der Waals surface area contributed by atoms with Crippen LogP contribution in [0.15, 0.2) is 94.9 Å². The summed E-state index contributed by atoms with van der Waals surface area (Å²) in [6, 6.07) is 28.5. The van der Waals surface area contributed by atoms with Gasteiger partial charge in [-0.3, -0.25) is 9.98 Å². The van der Waals surface area contributed by atoms with Crippen LogP contribution in [0.25, 0.3) is 11.1 Å². The van der Waals surface area contributed by atoms with Crippen molar-refractivity contribution >= 4 is 41.9 Å². The summed E-state index contributed by atoms with van der Waals surface area (Å²) in [5, 5.41) is 0. The Labute approximate surface area is 244 Å². The highest BCUT2D eigenvalue weighted by Gasteiger charge is 2.23. The lowest BCUT2D eigenvalue weighted by Gasteiger charge is -2.30. The predicted octanol–water partition coefficient (Wildman–Crippen LogP) is 10.1. The smallest absolute Gasteiger partial charge is 0.131 e. The van der Waals surface area contributed by atoms with Gasteiger partial charge in [-0.15, -0.1) is 0 Å². The van der Waals surface area contributed by atoms with E-state index >= 15 is 0 Å². The number of para-hydroxylation sites is 2. The fourth-order valence-corrected chi connectivity index (χ4v) is 5.30. The maximum absolute atomic E-state index is 14.9. The monoisotopic (exact) mass is 548 g/mol. The number of anilines is 3. The first-order valence-electron chi connectivity index (χ1n) is 14.2. The van der Waals surface area contributed by atoms with Crippen molar-refractivity contribution in [1.82, 2.24) is 0 Å². The average molecular weight is 549 g/mol. The van der Waals surface area contributed by atoms with Crippen molar-refractivity contribution in [2.75, 3.05) is 23.4 Å². The molecule has 0 saturated heterocycles. The Hall–Kier alpha value is -4.25. The van der Waals surface area contributed by atoms with Gasteiger partial charge in [0.15, 0.2) is 0 Å². The zero-order valence-electron chi connectivity index (χ0n) is 25.0. The summed E-state index contributed by atoms with van der Waals surface area (Å²) in [6.45, 7) is 16.8. The van der Waals surface area contributed by atoms with Crippen molar-refractivity contribution in [3.63, 3.8) is 0 Å². The van der Waals surface area contributed by atoms with Gasteiger partial charge in [-0.1, -0.05) is 74.0 Å². The van der Waals surface area contributed by atoms with E-state index in [1.165, 1.54) is 5.56 Å². The van der Waals surface area contributed by atoms with E-state index < -0.39 is 5.67 Å². The largest absolute Gasteiger partial charge is 0.365 e. The number of alkyl halides is 1. The molecule has 5 heteroatoms. The van der Waals surface area contributed by atoms with Crippen LogP contribution < -0.4 is 9.80 Å². The quantitative estimate of drug-likeness (QED) is 0.165. The van der Waals surface area contributed by atoms with Gasteiger partial charge in [0.25, 0.3) is 0 Å². The minimum atomic E-state index is -1.42. The lowest BCUT2D eigenvalue weighted by molar-refractivity contribution is 0.222. The van der Waals surface area contributed by atoms with Gasteiger partial charge in [-0.05, 0) is 92.7 Å². The molecule has 0 spiro atoms. The molecule has 0 aromatic heterocycles. The van der Waals surface area contributed by atoms with Gasteiger partial charge in [0.2, 0.25) is 0 Å². The van der Waals surface area contributed by atoms with E-state index in [1.54, 1.807) is 13.8 Å². The van der Waals surface area contributed by atoms with Crippen molar-refractivity contribution in [1.29, 1.82) is 0 Å². The van der Waals surface area contributed by atoms with Crippen molar-refractivity contribution < 1.29 is 4.39 Å². The summed E-state index contributed by atoms with van der Waals surface area (Å²) in [4.78, 5) is 13.2. The Balaban J connectivity index is 1.71. The zero-order valence-corrected chi connectivity index (χ0v) is 25.0. The first-order chi connectivity index (χ1) is 19.7. The number of aliphatic imine (C=N–C) groups is 2. The number of hydrogen-bond acceptors (Lipinski definition) is 4. The van der Waals surface area contributed by atoms with Gasteiger partial charge in [0, 0.05) is 25.8 Å². The van der Waals surface area contributed by atoms with E-state index in [4.69, 9.17) is 0 Å². The second-order valence-electron chi connectivity index (χ2n) is 11.0. The predicted molar refractivity (Wildman–Crippen MR) is 176 cm³/mol. The average Bonchev–Trinajstić information content (AvgIpc) is 2.98. The Morgan fingerprint density at radius 1 is 0.854 bits per heavy atom. The van der Waals surface area contributed by atoms with E-state index in [0.29, 0.717) is 5.56 Å². The van der Waals surface area contributed by atoms with Crippen LogP contribution in [0.3, 0.4) is 0 Å². The van der Waals surface area contributed by atoms with Gasteiger partial charge in [-0.25, -0.2) is 4.39 Å². The lowest BCUT2D eigenvalue weighted by atomic mass is 9.90. The summed E-state index contributed by atoms with van der Waals surface area (Å²) in [6.07, 6.45) is 2.13. The van der Waals surface area contributed by atoms with Crippen LogP contribution in [-0.2, 0) is 12.2 Å². The molecule has 4 aromatic rings. The summed E-state index contributed by atoms with van der Waals surface area (Å²) in [7, 11) is 2.05. The summed E-state index contributed by atoms with van der Waals surface area (Å²) in [5.74, 6) is 0. The molecule has 0 heterocycles. The second-order valence-corrected chi connectivity index (χ2v) is 11.0. The molecule has 0 saturated carbocycles. The van der Waals surface area contributed by atoms with Crippen LogP contribution in [0, 0.1) is 6.92 Å². The number of halogens is 1.